The molecule has 1 aromatic heterocycles. The number of thiazole rings is 1. The van der Waals surface area contributed by atoms with Gasteiger partial charge in [0.05, 0.1) is 10.6 Å². The van der Waals surface area contributed by atoms with E-state index >= 15 is 0 Å². The number of sulfonamides is 1. The number of aromatic nitrogens is 1. The number of carbonyl (C=O) groups is 1. The Labute approximate surface area is 193 Å². The van der Waals surface area contributed by atoms with Crippen molar-refractivity contribution in [3.8, 4) is 11.3 Å². The summed E-state index contributed by atoms with van der Waals surface area (Å²) in [7, 11) is -1.93. The molecule has 1 heterocycles. The molecule has 1 N–H and O–H groups in total. The summed E-state index contributed by atoms with van der Waals surface area (Å²) >= 11 is 1.35. The SMILES string of the molecule is Cc1ccc(-c2csc(NC(=O)c3ccc(S(=O)(=O)N(C)C4CCCCC4)cc3)n2)cc1. The number of hydrogen-bond acceptors (Lipinski definition) is 5. The quantitative estimate of drug-likeness (QED) is 0.530. The summed E-state index contributed by atoms with van der Waals surface area (Å²) in [6, 6.07) is 14.2. The third-order valence-electron chi connectivity index (χ3n) is 5.95. The first-order valence-electron chi connectivity index (χ1n) is 10.8. The van der Waals surface area contributed by atoms with E-state index < -0.39 is 10.0 Å². The molecule has 0 spiro atoms. The van der Waals surface area contributed by atoms with Crippen LogP contribution in [0.3, 0.4) is 0 Å². The number of nitrogens with zero attached hydrogens (tertiary/aromatic N) is 2. The molecule has 1 aliphatic carbocycles. The van der Waals surface area contributed by atoms with Crippen LogP contribution in [0.15, 0.2) is 58.8 Å². The average Bonchev–Trinajstić information content (AvgIpc) is 3.28. The standard InChI is InChI=1S/C24H27N3O3S2/c1-17-8-10-18(11-9-17)22-16-31-24(25-22)26-23(28)19-12-14-21(15-13-19)32(29,30)27(2)20-6-4-3-5-7-20/h8-16,20H,3-7H2,1-2H3,(H,25,26,28). The molecule has 0 bridgehead atoms. The van der Waals surface area contributed by atoms with Crippen molar-refractivity contribution in [2.75, 3.05) is 12.4 Å². The molecule has 3 aromatic rings. The van der Waals surface area contributed by atoms with E-state index in [1.807, 2.05) is 36.6 Å². The van der Waals surface area contributed by atoms with E-state index in [2.05, 4.69) is 10.3 Å². The van der Waals surface area contributed by atoms with Gasteiger partial charge in [0.2, 0.25) is 10.0 Å². The molecule has 168 valence electrons. The Morgan fingerprint density at radius 2 is 1.69 bits per heavy atom. The molecule has 1 amide bonds. The monoisotopic (exact) mass is 469 g/mol. The van der Waals surface area contributed by atoms with Crippen LogP contribution >= 0.6 is 11.3 Å². The van der Waals surface area contributed by atoms with Gasteiger partial charge in [-0.2, -0.15) is 4.31 Å². The zero-order valence-corrected chi connectivity index (χ0v) is 19.9. The van der Waals surface area contributed by atoms with Crippen molar-refractivity contribution in [1.82, 2.24) is 9.29 Å². The van der Waals surface area contributed by atoms with Crippen LogP contribution in [-0.2, 0) is 10.0 Å². The fraction of sp³-hybridized carbons (Fsp3) is 0.333. The summed E-state index contributed by atoms with van der Waals surface area (Å²) in [6.07, 6.45) is 5.08. The van der Waals surface area contributed by atoms with E-state index in [-0.39, 0.29) is 16.8 Å². The lowest BCUT2D eigenvalue weighted by Gasteiger charge is -2.30. The van der Waals surface area contributed by atoms with Crippen LogP contribution in [0, 0.1) is 6.92 Å². The van der Waals surface area contributed by atoms with Crippen LogP contribution in [0.4, 0.5) is 5.13 Å². The molecule has 4 rings (SSSR count). The summed E-state index contributed by atoms with van der Waals surface area (Å²) < 4.78 is 27.4. The molecule has 8 heteroatoms. The van der Waals surface area contributed by atoms with Gasteiger partial charge in [-0.3, -0.25) is 10.1 Å². The number of benzene rings is 2. The summed E-state index contributed by atoms with van der Waals surface area (Å²) in [4.78, 5) is 17.3. The van der Waals surface area contributed by atoms with Crippen LogP contribution in [0.25, 0.3) is 11.3 Å². The topological polar surface area (TPSA) is 79.4 Å². The van der Waals surface area contributed by atoms with Crippen LogP contribution in [0.2, 0.25) is 0 Å². The number of hydrogen-bond donors (Lipinski definition) is 1. The second-order valence-electron chi connectivity index (χ2n) is 8.20. The first kappa shape index (κ1) is 22.6. The van der Waals surface area contributed by atoms with Gasteiger partial charge in [-0.25, -0.2) is 13.4 Å². The van der Waals surface area contributed by atoms with Gasteiger partial charge in [0, 0.05) is 29.6 Å². The molecule has 0 aliphatic heterocycles. The Morgan fingerprint density at radius 1 is 1.03 bits per heavy atom. The first-order chi connectivity index (χ1) is 15.3. The third-order valence-corrected chi connectivity index (χ3v) is 8.64. The van der Waals surface area contributed by atoms with Gasteiger partial charge in [-0.15, -0.1) is 11.3 Å². The maximum absolute atomic E-state index is 13.0. The Morgan fingerprint density at radius 3 is 2.34 bits per heavy atom. The minimum absolute atomic E-state index is 0.0457. The molecule has 1 fully saturated rings. The van der Waals surface area contributed by atoms with Crippen LogP contribution in [-0.4, -0.2) is 36.7 Å². The Hall–Kier alpha value is -2.55. The fourth-order valence-electron chi connectivity index (χ4n) is 3.94. The molecule has 6 nitrogen and oxygen atoms in total. The summed E-state index contributed by atoms with van der Waals surface area (Å²) in [6.45, 7) is 2.03. The van der Waals surface area contributed by atoms with Crippen molar-refractivity contribution in [2.24, 2.45) is 0 Å². The van der Waals surface area contributed by atoms with E-state index in [1.54, 1.807) is 19.2 Å². The molecule has 2 aromatic carbocycles. The number of anilines is 1. The highest BCUT2D eigenvalue weighted by Gasteiger charge is 2.29. The van der Waals surface area contributed by atoms with E-state index in [1.165, 1.54) is 39.8 Å². The van der Waals surface area contributed by atoms with Crippen molar-refractivity contribution >= 4 is 32.4 Å². The van der Waals surface area contributed by atoms with Crippen LogP contribution < -0.4 is 5.32 Å². The fourth-order valence-corrected chi connectivity index (χ4v) is 6.07. The molecule has 0 atom stereocenters. The predicted octanol–water partition coefficient (Wildman–Crippen LogP) is 5.32. The van der Waals surface area contributed by atoms with Gasteiger partial charge in [0.25, 0.3) is 5.91 Å². The zero-order valence-electron chi connectivity index (χ0n) is 18.2. The molecule has 1 saturated carbocycles. The zero-order chi connectivity index (χ0) is 22.7. The van der Waals surface area contributed by atoms with E-state index in [0.717, 1.165) is 36.9 Å². The van der Waals surface area contributed by atoms with E-state index in [9.17, 15) is 13.2 Å². The number of aryl methyl sites for hydroxylation is 1. The van der Waals surface area contributed by atoms with Gasteiger partial charge in [-0.05, 0) is 44.0 Å². The van der Waals surface area contributed by atoms with Gasteiger partial charge in [-0.1, -0.05) is 49.1 Å². The Balaban J connectivity index is 1.43. The van der Waals surface area contributed by atoms with Gasteiger partial charge < -0.3 is 0 Å². The summed E-state index contributed by atoms with van der Waals surface area (Å²) in [5, 5.41) is 5.20. The lowest BCUT2D eigenvalue weighted by atomic mass is 9.96. The van der Waals surface area contributed by atoms with Crippen molar-refractivity contribution in [2.45, 2.75) is 50.0 Å². The maximum Gasteiger partial charge on any atom is 0.257 e. The van der Waals surface area contributed by atoms with E-state index in [4.69, 9.17) is 0 Å². The largest absolute Gasteiger partial charge is 0.298 e. The molecule has 32 heavy (non-hydrogen) atoms. The second-order valence-corrected chi connectivity index (χ2v) is 11.1. The van der Waals surface area contributed by atoms with Crippen molar-refractivity contribution in [1.29, 1.82) is 0 Å². The Kier molecular flexibility index (Phi) is 6.74. The van der Waals surface area contributed by atoms with Crippen molar-refractivity contribution in [3.05, 3.63) is 65.0 Å². The predicted molar refractivity (Wildman–Crippen MR) is 129 cm³/mol. The third kappa shape index (κ3) is 4.92. The highest BCUT2D eigenvalue weighted by molar-refractivity contribution is 7.89. The Bertz CT molecular complexity index is 1180. The molecule has 0 unspecified atom stereocenters. The number of rotatable bonds is 6. The number of carbonyl (C=O) groups excluding carboxylic acids is 1. The average molecular weight is 470 g/mol. The molecule has 0 radical (unpaired) electrons. The minimum atomic E-state index is -3.58. The summed E-state index contributed by atoms with van der Waals surface area (Å²) in [5.41, 5.74) is 3.35. The van der Waals surface area contributed by atoms with Crippen molar-refractivity contribution in [3.63, 3.8) is 0 Å². The van der Waals surface area contributed by atoms with Crippen LogP contribution in [0.5, 0.6) is 0 Å². The summed E-state index contributed by atoms with van der Waals surface area (Å²) in [5.74, 6) is -0.320. The van der Waals surface area contributed by atoms with Crippen LogP contribution in [0.1, 0.15) is 48.0 Å². The van der Waals surface area contributed by atoms with Gasteiger partial charge in [0.15, 0.2) is 5.13 Å². The smallest absolute Gasteiger partial charge is 0.257 e. The molecular formula is C24H27N3O3S2. The van der Waals surface area contributed by atoms with Gasteiger partial charge in [0.1, 0.15) is 0 Å². The number of amides is 1. The first-order valence-corrected chi connectivity index (χ1v) is 13.1. The van der Waals surface area contributed by atoms with Gasteiger partial charge >= 0.3 is 0 Å². The highest BCUT2D eigenvalue weighted by atomic mass is 32.2. The molecule has 1 aliphatic rings. The molecular weight excluding hydrogens is 442 g/mol. The van der Waals surface area contributed by atoms with E-state index in [0.29, 0.717) is 10.7 Å². The maximum atomic E-state index is 13.0. The van der Waals surface area contributed by atoms with Crippen molar-refractivity contribution < 1.29 is 13.2 Å². The lowest BCUT2D eigenvalue weighted by molar-refractivity contribution is 0.102. The minimum Gasteiger partial charge on any atom is -0.298 e. The normalized spacial score (nSPS) is 15.1. The highest BCUT2D eigenvalue weighted by Crippen LogP contribution is 2.28. The number of nitrogens with one attached hydrogen (secondary N) is 1. The molecule has 0 saturated heterocycles. The lowest BCUT2D eigenvalue weighted by Crippen LogP contribution is -2.38. The second kappa shape index (κ2) is 9.52.